The van der Waals surface area contributed by atoms with Gasteiger partial charge in [-0.2, -0.15) is 0 Å². The second-order valence-corrected chi connectivity index (χ2v) is 7.33. The first-order chi connectivity index (χ1) is 9.67. The zero-order valence-electron chi connectivity index (χ0n) is 11.0. The van der Waals surface area contributed by atoms with Crippen molar-refractivity contribution < 1.29 is 0 Å². The van der Waals surface area contributed by atoms with Crippen molar-refractivity contribution in [3.8, 4) is 0 Å². The smallest absolute Gasteiger partial charge is 0.224 e. The summed E-state index contributed by atoms with van der Waals surface area (Å²) in [4.78, 5) is 12.5. The van der Waals surface area contributed by atoms with Gasteiger partial charge in [0.05, 0.1) is 0 Å². The van der Waals surface area contributed by atoms with Crippen LogP contribution in [-0.2, 0) is 0 Å². The van der Waals surface area contributed by atoms with E-state index in [-0.39, 0.29) is 0 Å². The van der Waals surface area contributed by atoms with E-state index in [0.717, 1.165) is 24.6 Å². The third-order valence-electron chi connectivity index (χ3n) is 2.75. The fourth-order valence-corrected chi connectivity index (χ4v) is 4.23. The number of fused-ring (bicyclic) bond motifs is 1. The second kappa shape index (κ2) is 5.71. The normalized spacial score (nSPS) is 10.9. The van der Waals surface area contributed by atoms with Gasteiger partial charge in [-0.15, -0.1) is 11.3 Å². The lowest BCUT2D eigenvalue weighted by Crippen LogP contribution is -1.96. The lowest BCUT2D eigenvalue weighted by Gasteiger charge is -2.06. The van der Waals surface area contributed by atoms with Crippen molar-refractivity contribution in [3.05, 3.63) is 39.7 Å². The van der Waals surface area contributed by atoms with Gasteiger partial charge in [0, 0.05) is 26.7 Å². The molecule has 3 nitrogen and oxygen atoms in total. The van der Waals surface area contributed by atoms with Crippen LogP contribution in [0, 0.1) is 6.92 Å². The van der Waals surface area contributed by atoms with E-state index < -0.39 is 0 Å². The highest BCUT2D eigenvalue weighted by Crippen LogP contribution is 2.38. The molecule has 3 aromatic rings. The number of anilines is 1. The number of benzene rings is 1. The van der Waals surface area contributed by atoms with Gasteiger partial charge in [0.2, 0.25) is 5.95 Å². The Morgan fingerprint density at radius 1 is 1.25 bits per heavy atom. The van der Waals surface area contributed by atoms with Crippen LogP contribution in [0.25, 0.3) is 10.2 Å². The van der Waals surface area contributed by atoms with Crippen molar-refractivity contribution >= 4 is 55.2 Å². The summed E-state index contributed by atoms with van der Waals surface area (Å²) in [5.74, 6) is 0.661. The summed E-state index contributed by atoms with van der Waals surface area (Å²) in [6.07, 6.45) is 0. The van der Waals surface area contributed by atoms with Crippen LogP contribution in [0.3, 0.4) is 0 Å². The maximum absolute atomic E-state index is 4.60. The molecule has 2 heterocycles. The average Bonchev–Trinajstić information content (AvgIpc) is 2.81. The molecule has 0 saturated carbocycles. The van der Waals surface area contributed by atoms with Crippen molar-refractivity contribution in [2.75, 3.05) is 12.4 Å². The van der Waals surface area contributed by atoms with Crippen molar-refractivity contribution in [2.24, 2.45) is 0 Å². The maximum Gasteiger partial charge on any atom is 0.224 e. The number of rotatable bonds is 3. The number of hydrogen-bond acceptors (Lipinski definition) is 5. The molecule has 0 saturated heterocycles. The summed E-state index contributed by atoms with van der Waals surface area (Å²) in [7, 11) is 1.84. The third kappa shape index (κ3) is 2.68. The first-order valence-corrected chi connectivity index (χ1v) is 8.48. The fourth-order valence-electron chi connectivity index (χ4n) is 1.84. The zero-order valence-corrected chi connectivity index (χ0v) is 14.2. The number of thiophene rings is 1. The Hall–Kier alpha value is -1.11. The van der Waals surface area contributed by atoms with Gasteiger partial charge >= 0.3 is 0 Å². The third-order valence-corrected chi connectivity index (χ3v) is 5.73. The van der Waals surface area contributed by atoms with Crippen molar-refractivity contribution in [1.82, 2.24) is 9.97 Å². The Morgan fingerprint density at radius 2 is 2.05 bits per heavy atom. The topological polar surface area (TPSA) is 37.8 Å². The minimum atomic E-state index is 0.661. The van der Waals surface area contributed by atoms with Gasteiger partial charge in [-0.1, -0.05) is 23.9 Å². The molecule has 2 aromatic heterocycles. The van der Waals surface area contributed by atoms with E-state index >= 15 is 0 Å². The molecule has 0 unspecified atom stereocenters. The molecule has 1 aromatic carbocycles. The molecular formula is C14H12BrN3S2. The molecule has 3 rings (SSSR count). The van der Waals surface area contributed by atoms with Crippen LogP contribution in [0.15, 0.2) is 44.7 Å². The lowest BCUT2D eigenvalue weighted by molar-refractivity contribution is 1.10. The largest absolute Gasteiger partial charge is 0.357 e. The van der Waals surface area contributed by atoms with Crippen molar-refractivity contribution in [1.29, 1.82) is 0 Å². The summed E-state index contributed by atoms with van der Waals surface area (Å²) < 4.78 is 1.08. The quantitative estimate of drug-likeness (QED) is 0.666. The number of nitrogens with one attached hydrogen (secondary N) is 1. The number of aromatic nitrogens is 2. The van der Waals surface area contributed by atoms with Crippen LogP contribution in [-0.4, -0.2) is 17.0 Å². The van der Waals surface area contributed by atoms with Crippen molar-refractivity contribution in [2.45, 2.75) is 16.8 Å². The van der Waals surface area contributed by atoms with Crippen LogP contribution in [0.2, 0.25) is 0 Å². The number of halogens is 1. The average molecular weight is 366 g/mol. The van der Waals surface area contributed by atoms with Crippen LogP contribution in [0.1, 0.15) is 4.88 Å². The summed E-state index contributed by atoms with van der Waals surface area (Å²) in [6.45, 7) is 2.10. The number of nitrogens with zero attached hydrogens (tertiary/aromatic N) is 2. The SMILES string of the molecule is CNc1nc(Sc2ccccc2Br)c2cc(C)sc2n1. The molecular weight excluding hydrogens is 354 g/mol. The Labute approximate surface area is 134 Å². The van der Waals surface area contributed by atoms with E-state index in [2.05, 4.69) is 50.3 Å². The zero-order chi connectivity index (χ0) is 14.1. The predicted molar refractivity (Wildman–Crippen MR) is 90.0 cm³/mol. The second-order valence-electron chi connectivity index (χ2n) is 4.21. The molecule has 0 aliphatic carbocycles. The molecule has 0 radical (unpaired) electrons. The Kier molecular flexibility index (Phi) is 3.96. The summed E-state index contributed by atoms with van der Waals surface area (Å²) in [6, 6.07) is 10.3. The predicted octanol–water partition coefficient (Wildman–Crippen LogP) is 4.96. The number of aryl methyl sites for hydroxylation is 1. The van der Waals surface area contributed by atoms with Crippen molar-refractivity contribution in [3.63, 3.8) is 0 Å². The minimum absolute atomic E-state index is 0.661. The maximum atomic E-state index is 4.60. The van der Waals surface area contributed by atoms with Gasteiger partial charge in [0.1, 0.15) is 9.86 Å². The van der Waals surface area contributed by atoms with E-state index in [4.69, 9.17) is 0 Å². The molecule has 0 aliphatic rings. The van der Waals surface area contributed by atoms with Gasteiger partial charge in [-0.05, 0) is 41.1 Å². The summed E-state index contributed by atoms with van der Waals surface area (Å²) >= 11 is 6.93. The van der Waals surface area contributed by atoms with Crippen LogP contribution < -0.4 is 5.32 Å². The molecule has 0 spiro atoms. The highest BCUT2D eigenvalue weighted by atomic mass is 79.9. The summed E-state index contributed by atoms with van der Waals surface area (Å²) in [5, 5.41) is 5.13. The van der Waals surface area contributed by atoms with Crippen LogP contribution in [0.4, 0.5) is 5.95 Å². The molecule has 6 heteroatoms. The van der Waals surface area contributed by atoms with Crippen LogP contribution >= 0.6 is 39.0 Å². The fraction of sp³-hybridized carbons (Fsp3) is 0.143. The van der Waals surface area contributed by atoms with E-state index in [1.807, 2.05) is 25.2 Å². The standard InChI is InChI=1S/C14H12BrN3S2/c1-8-7-9-12(19-8)17-14(16-2)18-13(9)20-11-6-4-3-5-10(11)15/h3-7H,1-2H3,(H,16,17,18). The summed E-state index contributed by atoms with van der Waals surface area (Å²) in [5.41, 5.74) is 0. The van der Waals surface area contributed by atoms with E-state index in [0.29, 0.717) is 5.95 Å². The Balaban J connectivity index is 2.12. The van der Waals surface area contributed by atoms with Crippen LogP contribution in [0.5, 0.6) is 0 Å². The molecule has 20 heavy (non-hydrogen) atoms. The van der Waals surface area contributed by atoms with Gasteiger partial charge in [0.25, 0.3) is 0 Å². The first-order valence-electron chi connectivity index (χ1n) is 6.05. The lowest BCUT2D eigenvalue weighted by atomic mass is 10.4. The van der Waals surface area contributed by atoms with E-state index in [1.54, 1.807) is 23.1 Å². The Morgan fingerprint density at radius 3 is 2.80 bits per heavy atom. The van der Waals surface area contributed by atoms with E-state index in [9.17, 15) is 0 Å². The first kappa shape index (κ1) is 13.9. The van der Waals surface area contributed by atoms with Gasteiger partial charge in [0.15, 0.2) is 0 Å². The van der Waals surface area contributed by atoms with E-state index in [1.165, 1.54) is 4.88 Å². The number of hydrogen-bond donors (Lipinski definition) is 1. The monoisotopic (exact) mass is 365 g/mol. The molecule has 102 valence electrons. The van der Waals surface area contributed by atoms with Gasteiger partial charge < -0.3 is 5.32 Å². The molecule has 0 fully saturated rings. The highest BCUT2D eigenvalue weighted by Gasteiger charge is 2.12. The molecule has 1 N–H and O–H groups in total. The molecule has 0 atom stereocenters. The minimum Gasteiger partial charge on any atom is -0.357 e. The molecule has 0 amide bonds. The van der Waals surface area contributed by atoms with Gasteiger partial charge in [-0.25, -0.2) is 9.97 Å². The molecule has 0 aliphatic heterocycles. The highest BCUT2D eigenvalue weighted by molar-refractivity contribution is 9.10. The van der Waals surface area contributed by atoms with Gasteiger partial charge in [-0.3, -0.25) is 0 Å². The molecule has 0 bridgehead atoms. The Bertz CT molecular complexity index is 770.